The van der Waals surface area contributed by atoms with Crippen molar-refractivity contribution in [3.8, 4) is 0 Å². The van der Waals surface area contributed by atoms with Crippen molar-refractivity contribution >= 4 is 17.8 Å². The van der Waals surface area contributed by atoms with Crippen LogP contribution in [-0.2, 0) is 16.1 Å². The number of rotatable bonds is 3. The average molecular weight is 246 g/mol. The summed E-state index contributed by atoms with van der Waals surface area (Å²) in [5, 5.41) is 1.97. The zero-order valence-corrected chi connectivity index (χ0v) is 10.3. The standard InChI is InChI=1S/C13H14N2O3/c1-8(2)10-5-3-9(4-6-10)7-15-12(17)11(16)14-13(15)18/h3-6,8H,7H2,1-2H3,(H,14,16,18). The Balaban J connectivity index is 2.12. The van der Waals surface area contributed by atoms with E-state index in [0.717, 1.165) is 10.5 Å². The Labute approximate surface area is 105 Å². The zero-order valence-electron chi connectivity index (χ0n) is 10.3. The van der Waals surface area contributed by atoms with Crippen LogP contribution in [0.5, 0.6) is 0 Å². The summed E-state index contributed by atoms with van der Waals surface area (Å²) >= 11 is 0. The molecule has 0 saturated carbocycles. The molecule has 1 aromatic carbocycles. The minimum atomic E-state index is -0.862. The Kier molecular flexibility index (Phi) is 3.14. The van der Waals surface area contributed by atoms with Crippen molar-refractivity contribution < 1.29 is 14.4 Å². The van der Waals surface area contributed by atoms with Gasteiger partial charge in [0, 0.05) is 0 Å². The van der Waals surface area contributed by atoms with Gasteiger partial charge in [-0.25, -0.2) is 4.79 Å². The van der Waals surface area contributed by atoms with Gasteiger partial charge in [-0.1, -0.05) is 38.1 Å². The van der Waals surface area contributed by atoms with E-state index in [9.17, 15) is 14.4 Å². The van der Waals surface area contributed by atoms with E-state index in [2.05, 4.69) is 13.8 Å². The number of nitrogens with one attached hydrogen (secondary N) is 1. The molecule has 0 unspecified atom stereocenters. The van der Waals surface area contributed by atoms with Crippen LogP contribution in [0.4, 0.5) is 4.79 Å². The molecule has 0 radical (unpaired) electrons. The Morgan fingerprint density at radius 2 is 1.72 bits per heavy atom. The molecule has 0 aromatic heterocycles. The molecule has 94 valence electrons. The average Bonchev–Trinajstić information content (AvgIpc) is 2.57. The minimum Gasteiger partial charge on any atom is -0.269 e. The smallest absolute Gasteiger partial charge is 0.269 e. The molecule has 1 heterocycles. The molecule has 5 heteroatoms. The Bertz CT molecular complexity index is 505. The third-order valence-electron chi connectivity index (χ3n) is 2.89. The van der Waals surface area contributed by atoms with Gasteiger partial charge in [-0.2, -0.15) is 0 Å². The Morgan fingerprint density at radius 1 is 1.11 bits per heavy atom. The first kappa shape index (κ1) is 12.3. The summed E-state index contributed by atoms with van der Waals surface area (Å²) in [4.78, 5) is 34.7. The molecule has 0 bridgehead atoms. The largest absolute Gasteiger partial charge is 0.331 e. The summed E-state index contributed by atoms with van der Waals surface area (Å²) in [5.74, 6) is -1.23. The van der Waals surface area contributed by atoms with Gasteiger partial charge in [-0.05, 0) is 17.0 Å². The second-order valence-electron chi connectivity index (χ2n) is 4.55. The molecule has 0 aliphatic carbocycles. The van der Waals surface area contributed by atoms with Gasteiger partial charge in [0.15, 0.2) is 0 Å². The predicted octanol–water partition coefficient (Wildman–Crippen LogP) is 1.39. The summed E-state index contributed by atoms with van der Waals surface area (Å²) in [6.45, 7) is 4.30. The number of nitrogens with zero attached hydrogens (tertiary/aromatic N) is 1. The maximum Gasteiger partial charge on any atom is 0.331 e. The fourth-order valence-electron chi connectivity index (χ4n) is 1.77. The summed E-state index contributed by atoms with van der Waals surface area (Å²) in [7, 11) is 0. The number of imide groups is 2. The Hall–Kier alpha value is -2.17. The van der Waals surface area contributed by atoms with Crippen LogP contribution in [0, 0.1) is 0 Å². The lowest BCUT2D eigenvalue weighted by atomic mass is 10.0. The van der Waals surface area contributed by atoms with Crippen molar-refractivity contribution in [3.05, 3.63) is 35.4 Å². The first-order chi connectivity index (χ1) is 8.49. The maximum atomic E-state index is 11.4. The van der Waals surface area contributed by atoms with Gasteiger partial charge in [-0.3, -0.25) is 19.8 Å². The third kappa shape index (κ3) is 2.25. The fraction of sp³-hybridized carbons (Fsp3) is 0.308. The van der Waals surface area contributed by atoms with Gasteiger partial charge >= 0.3 is 17.8 Å². The summed E-state index contributed by atoms with van der Waals surface area (Å²) in [6.07, 6.45) is 0. The first-order valence-corrected chi connectivity index (χ1v) is 5.74. The van der Waals surface area contributed by atoms with Gasteiger partial charge in [0.2, 0.25) is 0 Å². The molecule has 4 amide bonds. The third-order valence-corrected chi connectivity index (χ3v) is 2.89. The fourth-order valence-corrected chi connectivity index (χ4v) is 1.77. The highest BCUT2D eigenvalue weighted by Gasteiger charge is 2.36. The number of urea groups is 1. The molecule has 5 nitrogen and oxygen atoms in total. The lowest BCUT2D eigenvalue weighted by Crippen LogP contribution is -2.30. The van der Waals surface area contributed by atoms with E-state index in [4.69, 9.17) is 0 Å². The molecule has 1 aliphatic rings. The highest BCUT2D eigenvalue weighted by molar-refractivity contribution is 6.44. The van der Waals surface area contributed by atoms with Gasteiger partial charge in [0.05, 0.1) is 6.54 Å². The number of carbonyl (C=O) groups is 3. The molecule has 0 atom stereocenters. The molecule has 1 N–H and O–H groups in total. The van der Waals surface area contributed by atoms with E-state index in [1.807, 2.05) is 29.6 Å². The molecule has 1 saturated heterocycles. The summed E-state index contributed by atoms with van der Waals surface area (Å²) in [5.41, 5.74) is 2.00. The number of hydrogen-bond donors (Lipinski definition) is 1. The van der Waals surface area contributed by atoms with Crippen molar-refractivity contribution in [3.63, 3.8) is 0 Å². The predicted molar refractivity (Wildman–Crippen MR) is 64.6 cm³/mol. The maximum absolute atomic E-state index is 11.4. The molecular formula is C13H14N2O3. The lowest BCUT2D eigenvalue weighted by Gasteiger charge is -2.12. The second-order valence-corrected chi connectivity index (χ2v) is 4.55. The van der Waals surface area contributed by atoms with Crippen molar-refractivity contribution in [1.29, 1.82) is 0 Å². The molecule has 2 rings (SSSR count). The van der Waals surface area contributed by atoms with Crippen LogP contribution in [0.3, 0.4) is 0 Å². The van der Waals surface area contributed by atoms with E-state index in [-0.39, 0.29) is 6.54 Å². The number of carbonyl (C=O) groups excluding carboxylic acids is 3. The van der Waals surface area contributed by atoms with Crippen LogP contribution in [0.1, 0.15) is 30.9 Å². The SMILES string of the molecule is CC(C)c1ccc(CN2C(=O)NC(=O)C2=O)cc1. The van der Waals surface area contributed by atoms with Crippen LogP contribution >= 0.6 is 0 Å². The molecule has 1 aliphatic heterocycles. The van der Waals surface area contributed by atoms with Crippen molar-refractivity contribution in [1.82, 2.24) is 10.2 Å². The van der Waals surface area contributed by atoms with Crippen LogP contribution in [0.2, 0.25) is 0 Å². The van der Waals surface area contributed by atoms with E-state index < -0.39 is 17.8 Å². The normalized spacial score (nSPS) is 15.5. The lowest BCUT2D eigenvalue weighted by molar-refractivity contribution is -0.140. The van der Waals surface area contributed by atoms with E-state index in [1.165, 1.54) is 5.56 Å². The van der Waals surface area contributed by atoms with Crippen LogP contribution < -0.4 is 5.32 Å². The summed E-state index contributed by atoms with van der Waals surface area (Å²) < 4.78 is 0. The Morgan fingerprint density at radius 3 is 2.17 bits per heavy atom. The van der Waals surface area contributed by atoms with Gasteiger partial charge in [-0.15, -0.1) is 0 Å². The van der Waals surface area contributed by atoms with E-state index >= 15 is 0 Å². The highest BCUT2D eigenvalue weighted by Crippen LogP contribution is 2.16. The van der Waals surface area contributed by atoms with Crippen LogP contribution in [0.25, 0.3) is 0 Å². The quantitative estimate of drug-likeness (QED) is 0.647. The van der Waals surface area contributed by atoms with Gasteiger partial charge < -0.3 is 0 Å². The minimum absolute atomic E-state index is 0.120. The zero-order chi connectivity index (χ0) is 13.3. The number of amides is 4. The number of benzene rings is 1. The molecule has 0 spiro atoms. The van der Waals surface area contributed by atoms with Crippen LogP contribution in [-0.4, -0.2) is 22.7 Å². The molecular weight excluding hydrogens is 232 g/mol. The highest BCUT2D eigenvalue weighted by atomic mass is 16.2. The van der Waals surface area contributed by atoms with Gasteiger partial charge in [0.1, 0.15) is 0 Å². The second kappa shape index (κ2) is 4.60. The number of hydrogen-bond acceptors (Lipinski definition) is 3. The first-order valence-electron chi connectivity index (χ1n) is 5.74. The van der Waals surface area contributed by atoms with E-state index in [0.29, 0.717) is 5.92 Å². The summed E-state index contributed by atoms with van der Waals surface area (Å²) in [6, 6.07) is 6.98. The molecule has 18 heavy (non-hydrogen) atoms. The topological polar surface area (TPSA) is 66.5 Å². The van der Waals surface area contributed by atoms with Crippen molar-refractivity contribution in [2.24, 2.45) is 0 Å². The molecule has 1 aromatic rings. The van der Waals surface area contributed by atoms with Gasteiger partial charge in [0.25, 0.3) is 0 Å². The van der Waals surface area contributed by atoms with Crippen molar-refractivity contribution in [2.45, 2.75) is 26.3 Å². The molecule has 1 fully saturated rings. The van der Waals surface area contributed by atoms with Crippen LogP contribution in [0.15, 0.2) is 24.3 Å². The monoisotopic (exact) mass is 246 g/mol. The van der Waals surface area contributed by atoms with E-state index in [1.54, 1.807) is 0 Å². The van der Waals surface area contributed by atoms with Crippen molar-refractivity contribution in [2.75, 3.05) is 0 Å².